The van der Waals surface area contributed by atoms with E-state index in [1.54, 1.807) is 24.3 Å². The van der Waals surface area contributed by atoms with Gasteiger partial charge in [0.1, 0.15) is 11.6 Å². The molecule has 1 aromatic carbocycles. The predicted molar refractivity (Wildman–Crippen MR) is 73.0 cm³/mol. The maximum atomic E-state index is 12.3. The minimum Gasteiger partial charge on any atom is -0.387 e. The molecule has 0 radical (unpaired) electrons. The number of hydrogen-bond acceptors (Lipinski definition) is 3. The normalized spacial score (nSPS) is 17.6. The van der Waals surface area contributed by atoms with Crippen LogP contribution in [0.25, 0.3) is 0 Å². The predicted octanol–water partition coefficient (Wildman–Crippen LogP) is 3.18. The monoisotopic (exact) mass is 304 g/mol. The summed E-state index contributed by atoms with van der Waals surface area (Å²) in [5.41, 5.74) is 1.59. The summed E-state index contributed by atoms with van der Waals surface area (Å²) in [5, 5.41) is 12.3. The van der Waals surface area contributed by atoms with Crippen LogP contribution in [0, 0.1) is 11.3 Å². The van der Waals surface area contributed by atoms with E-state index in [0.717, 1.165) is 36.0 Å². The van der Waals surface area contributed by atoms with Crippen molar-refractivity contribution in [3.05, 3.63) is 45.6 Å². The Hall–Kier alpha value is -1.60. The van der Waals surface area contributed by atoms with Crippen molar-refractivity contribution in [2.24, 2.45) is 0 Å². The number of nitriles is 1. The van der Waals surface area contributed by atoms with Crippen LogP contribution in [0.2, 0.25) is 0 Å². The van der Waals surface area contributed by atoms with Crippen molar-refractivity contribution in [2.45, 2.75) is 19.3 Å². The molecule has 0 unspecified atom stereocenters. The molecule has 0 saturated carbocycles. The minimum atomic E-state index is -0.200. The first kappa shape index (κ1) is 12.8. The number of halogens is 1. The van der Waals surface area contributed by atoms with Gasteiger partial charge in [-0.1, -0.05) is 15.9 Å². The first-order valence-electron chi connectivity index (χ1n) is 5.90. The molecule has 0 aliphatic carbocycles. The summed E-state index contributed by atoms with van der Waals surface area (Å²) in [5.74, 6) is -0.200. The second-order valence-corrected chi connectivity index (χ2v) is 5.10. The maximum absolute atomic E-state index is 12.3. The molecule has 92 valence electrons. The Labute approximate surface area is 115 Å². The minimum absolute atomic E-state index is 0.200. The van der Waals surface area contributed by atoms with E-state index in [9.17, 15) is 10.1 Å². The third kappa shape index (κ3) is 2.80. The zero-order chi connectivity index (χ0) is 13.0. The fourth-order valence-electron chi connectivity index (χ4n) is 1.97. The van der Waals surface area contributed by atoms with Gasteiger partial charge in [-0.2, -0.15) is 5.26 Å². The molecule has 3 nitrogen and oxygen atoms in total. The van der Waals surface area contributed by atoms with Gasteiger partial charge in [0.05, 0.1) is 0 Å². The highest BCUT2D eigenvalue weighted by atomic mass is 79.9. The number of benzene rings is 1. The molecule has 1 N–H and O–H groups in total. The molecule has 18 heavy (non-hydrogen) atoms. The molecule has 0 bridgehead atoms. The van der Waals surface area contributed by atoms with Crippen LogP contribution in [-0.2, 0) is 0 Å². The Balaban J connectivity index is 2.31. The highest BCUT2D eigenvalue weighted by Crippen LogP contribution is 2.19. The summed E-state index contributed by atoms with van der Waals surface area (Å²) in [6.07, 6.45) is 2.90. The summed E-state index contributed by atoms with van der Waals surface area (Å²) in [6, 6.07) is 9.11. The first-order valence-corrected chi connectivity index (χ1v) is 6.69. The quantitative estimate of drug-likeness (QED) is 0.519. The molecule has 1 aliphatic rings. The second-order valence-electron chi connectivity index (χ2n) is 4.19. The lowest BCUT2D eigenvalue weighted by Gasteiger charge is -2.17. The molecule has 0 amide bonds. The zero-order valence-corrected chi connectivity index (χ0v) is 11.5. The fourth-order valence-corrected chi connectivity index (χ4v) is 2.23. The molecule has 0 spiro atoms. The fraction of sp³-hybridized carbons (Fsp3) is 0.286. The van der Waals surface area contributed by atoms with Crippen LogP contribution in [-0.4, -0.2) is 12.3 Å². The smallest absolute Gasteiger partial charge is 0.205 e. The Morgan fingerprint density at radius 1 is 1.28 bits per heavy atom. The number of allylic oxidation sites excluding steroid dienone is 2. The summed E-state index contributed by atoms with van der Waals surface area (Å²) in [4.78, 5) is 12.3. The van der Waals surface area contributed by atoms with Gasteiger partial charge < -0.3 is 5.32 Å². The van der Waals surface area contributed by atoms with E-state index < -0.39 is 0 Å². The van der Waals surface area contributed by atoms with Gasteiger partial charge in [-0.25, -0.2) is 0 Å². The summed E-state index contributed by atoms with van der Waals surface area (Å²) < 4.78 is 0.918. The maximum Gasteiger partial charge on any atom is 0.205 e. The SMILES string of the molecule is N#CC(C(=O)c1ccc(Br)cc1)=C1CCCCN1. The van der Waals surface area contributed by atoms with Gasteiger partial charge in [0.25, 0.3) is 0 Å². The third-order valence-electron chi connectivity index (χ3n) is 2.94. The van der Waals surface area contributed by atoms with Crippen molar-refractivity contribution in [1.29, 1.82) is 5.26 Å². The molecule has 1 aromatic rings. The Kier molecular flexibility index (Phi) is 4.16. The van der Waals surface area contributed by atoms with E-state index in [1.165, 1.54) is 0 Å². The van der Waals surface area contributed by atoms with Crippen LogP contribution < -0.4 is 5.32 Å². The van der Waals surface area contributed by atoms with Crippen LogP contribution in [0.5, 0.6) is 0 Å². The van der Waals surface area contributed by atoms with Crippen molar-refractivity contribution < 1.29 is 4.79 Å². The largest absolute Gasteiger partial charge is 0.387 e. The van der Waals surface area contributed by atoms with Crippen LogP contribution >= 0.6 is 15.9 Å². The molecule has 0 aromatic heterocycles. The van der Waals surface area contributed by atoms with Crippen molar-refractivity contribution in [3.63, 3.8) is 0 Å². The molecule has 0 atom stereocenters. The molecule has 4 heteroatoms. The van der Waals surface area contributed by atoms with E-state index >= 15 is 0 Å². The molecule has 1 aliphatic heterocycles. The number of nitrogens with zero attached hydrogens (tertiary/aromatic N) is 1. The average molecular weight is 305 g/mol. The number of ketones is 1. The molecular formula is C14H13BrN2O. The summed E-state index contributed by atoms with van der Waals surface area (Å²) in [7, 11) is 0. The highest BCUT2D eigenvalue weighted by molar-refractivity contribution is 9.10. The van der Waals surface area contributed by atoms with Gasteiger partial charge in [0.15, 0.2) is 0 Å². The number of Topliss-reactive ketones (excluding diaryl/α,β-unsaturated/α-hetero) is 1. The van der Waals surface area contributed by atoms with E-state index in [1.807, 2.05) is 6.07 Å². The number of rotatable bonds is 2. The van der Waals surface area contributed by atoms with Crippen LogP contribution in [0.3, 0.4) is 0 Å². The number of hydrogen-bond donors (Lipinski definition) is 1. The topological polar surface area (TPSA) is 52.9 Å². The lowest BCUT2D eigenvalue weighted by atomic mass is 9.98. The van der Waals surface area contributed by atoms with Gasteiger partial charge in [0.2, 0.25) is 5.78 Å². The summed E-state index contributed by atoms with van der Waals surface area (Å²) >= 11 is 3.32. The van der Waals surface area contributed by atoms with Crippen molar-refractivity contribution in [2.75, 3.05) is 6.54 Å². The lowest BCUT2D eigenvalue weighted by molar-refractivity contribution is 0.103. The molecular weight excluding hydrogens is 292 g/mol. The number of carbonyl (C=O) groups is 1. The van der Waals surface area contributed by atoms with Crippen LogP contribution in [0.4, 0.5) is 0 Å². The average Bonchev–Trinajstić information content (AvgIpc) is 2.41. The highest BCUT2D eigenvalue weighted by Gasteiger charge is 2.18. The van der Waals surface area contributed by atoms with Gasteiger partial charge >= 0.3 is 0 Å². The van der Waals surface area contributed by atoms with Crippen molar-refractivity contribution in [3.8, 4) is 6.07 Å². The number of piperidine rings is 1. The van der Waals surface area contributed by atoms with E-state index in [0.29, 0.717) is 5.56 Å². The first-order chi connectivity index (χ1) is 8.72. The Bertz CT molecular complexity index is 518. The van der Waals surface area contributed by atoms with Gasteiger partial charge in [-0.15, -0.1) is 0 Å². The lowest BCUT2D eigenvalue weighted by Crippen LogP contribution is -2.23. The molecule has 1 fully saturated rings. The van der Waals surface area contributed by atoms with Gasteiger partial charge in [-0.3, -0.25) is 4.79 Å². The van der Waals surface area contributed by atoms with E-state index in [-0.39, 0.29) is 11.4 Å². The molecule has 2 rings (SSSR count). The Morgan fingerprint density at radius 2 is 2.00 bits per heavy atom. The Morgan fingerprint density at radius 3 is 2.56 bits per heavy atom. The third-order valence-corrected chi connectivity index (χ3v) is 3.47. The number of nitrogens with one attached hydrogen (secondary N) is 1. The van der Waals surface area contributed by atoms with Crippen molar-refractivity contribution in [1.82, 2.24) is 5.32 Å². The van der Waals surface area contributed by atoms with Gasteiger partial charge in [-0.05, 0) is 43.5 Å². The summed E-state index contributed by atoms with van der Waals surface area (Å²) in [6.45, 7) is 0.841. The molecule has 1 heterocycles. The van der Waals surface area contributed by atoms with Crippen LogP contribution in [0.15, 0.2) is 40.0 Å². The van der Waals surface area contributed by atoms with E-state index in [2.05, 4.69) is 21.2 Å². The second kappa shape index (κ2) is 5.83. The van der Waals surface area contributed by atoms with Gasteiger partial charge in [0, 0.05) is 22.3 Å². The molecule has 1 saturated heterocycles. The zero-order valence-electron chi connectivity index (χ0n) is 9.87. The standard InChI is InChI=1S/C14H13BrN2O/c15-11-6-4-10(5-7-11)14(18)12(9-16)13-3-1-2-8-17-13/h4-7,17H,1-3,8H2. The van der Waals surface area contributed by atoms with Crippen molar-refractivity contribution >= 4 is 21.7 Å². The van der Waals surface area contributed by atoms with E-state index in [4.69, 9.17) is 0 Å². The van der Waals surface area contributed by atoms with Crippen LogP contribution in [0.1, 0.15) is 29.6 Å². The number of carbonyl (C=O) groups excluding carboxylic acids is 1.